The number of nitrogens with one attached hydrogen (secondary N) is 1. The molecule has 0 aliphatic heterocycles. The second kappa shape index (κ2) is 8.12. The molecule has 0 bridgehead atoms. The molecule has 0 unspecified atom stereocenters. The van der Waals surface area contributed by atoms with E-state index in [1.54, 1.807) is 0 Å². The third kappa shape index (κ3) is 4.39. The molecule has 0 aromatic carbocycles. The molecule has 0 fully saturated rings. The minimum absolute atomic E-state index is 0.914. The maximum atomic E-state index is 4.83. The molecule has 0 saturated heterocycles. The quantitative estimate of drug-likeness (QED) is 0.755. The fraction of sp³-hybridized carbons (Fsp3) is 0.500. The van der Waals surface area contributed by atoms with Crippen molar-refractivity contribution in [3.63, 3.8) is 0 Å². The summed E-state index contributed by atoms with van der Waals surface area (Å²) in [6.07, 6.45) is 8.01. The molecule has 0 atom stereocenters. The van der Waals surface area contributed by atoms with Crippen LogP contribution in [-0.2, 0) is 19.4 Å². The van der Waals surface area contributed by atoms with Gasteiger partial charge in [0, 0.05) is 30.2 Å². The number of aryl methyl sites for hydroxylation is 1. The molecule has 2 aromatic heterocycles. The summed E-state index contributed by atoms with van der Waals surface area (Å²) < 4.78 is 0. The molecule has 0 saturated carbocycles. The zero-order valence-electron chi connectivity index (χ0n) is 12.4. The standard InChI is InChI=1S/C16H23N3S/c1-3-5-14-15(12-18-8-4-2)20-16(19-14)11-13-6-9-17-10-7-13/h6-7,9-10,18H,3-5,8,11-12H2,1-2H3. The molecule has 2 rings (SSSR count). The first-order valence-corrected chi connectivity index (χ1v) is 8.22. The van der Waals surface area contributed by atoms with E-state index in [4.69, 9.17) is 4.98 Å². The van der Waals surface area contributed by atoms with Crippen molar-refractivity contribution in [2.45, 2.75) is 46.1 Å². The van der Waals surface area contributed by atoms with E-state index in [-0.39, 0.29) is 0 Å². The predicted octanol–water partition coefficient (Wildman–Crippen LogP) is 3.58. The minimum atomic E-state index is 0.914. The lowest BCUT2D eigenvalue weighted by Crippen LogP contribution is -2.13. The first-order valence-electron chi connectivity index (χ1n) is 7.40. The van der Waals surface area contributed by atoms with Crippen molar-refractivity contribution >= 4 is 11.3 Å². The van der Waals surface area contributed by atoms with Gasteiger partial charge in [-0.15, -0.1) is 11.3 Å². The van der Waals surface area contributed by atoms with Gasteiger partial charge < -0.3 is 5.32 Å². The molecule has 1 N–H and O–H groups in total. The van der Waals surface area contributed by atoms with Gasteiger partial charge >= 0.3 is 0 Å². The zero-order chi connectivity index (χ0) is 14.2. The SMILES string of the molecule is CCCNCc1sc(Cc2ccncc2)nc1CCC. The van der Waals surface area contributed by atoms with E-state index in [9.17, 15) is 0 Å². The van der Waals surface area contributed by atoms with Crippen molar-refractivity contribution in [1.29, 1.82) is 0 Å². The van der Waals surface area contributed by atoms with E-state index in [0.717, 1.165) is 32.4 Å². The summed E-state index contributed by atoms with van der Waals surface area (Å²) in [7, 11) is 0. The van der Waals surface area contributed by atoms with E-state index >= 15 is 0 Å². The highest BCUT2D eigenvalue weighted by Gasteiger charge is 2.10. The van der Waals surface area contributed by atoms with Crippen LogP contribution in [0, 0.1) is 0 Å². The maximum absolute atomic E-state index is 4.83. The molecule has 3 nitrogen and oxygen atoms in total. The number of aromatic nitrogens is 2. The Kier molecular flexibility index (Phi) is 6.15. The van der Waals surface area contributed by atoms with Crippen LogP contribution in [0.1, 0.15) is 47.8 Å². The van der Waals surface area contributed by atoms with Gasteiger partial charge in [-0.1, -0.05) is 20.3 Å². The average Bonchev–Trinajstić information content (AvgIpc) is 2.83. The van der Waals surface area contributed by atoms with Crippen molar-refractivity contribution < 1.29 is 0 Å². The minimum Gasteiger partial charge on any atom is -0.312 e. The molecule has 2 heterocycles. The molecule has 0 spiro atoms. The largest absolute Gasteiger partial charge is 0.312 e. The Labute approximate surface area is 125 Å². The monoisotopic (exact) mass is 289 g/mol. The van der Waals surface area contributed by atoms with Crippen LogP contribution in [-0.4, -0.2) is 16.5 Å². The van der Waals surface area contributed by atoms with Crippen molar-refractivity contribution in [2.24, 2.45) is 0 Å². The van der Waals surface area contributed by atoms with E-state index in [1.165, 1.54) is 27.6 Å². The first kappa shape index (κ1) is 15.1. The third-order valence-corrected chi connectivity index (χ3v) is 4.22. The van der Waals surface area contributed by atoms with Crippen molar-refractivity contribution in [3.05, 3.63) is 45.7 Å². The summed E-state index contributed by atoms with van der Waals surface area (Å²) >= 11 is 1.85. The van der Waals surface area contributed by atoms with Gasteiger partial charge in [0.05, 0.1) is 10.7 Å². The fourth-order valence-electron chi connectivity index (χ4n) is 2.14. The van der Waals surface area contributed by atoms with Gasteiger partial charge in [-0.05, 0) is 37.1 Å². The Morgan fingerprint density at radius 2 is 1.95 bits per heavy atom. The molecule has 108 valence electrons. The summed E-state index contributed by atoms with van der Waals surface area (Å²) in [5, 5.41) is 4.70. The van der Waals surface area contributed by atoms with Crippen LogP contribution in [0.2, 0.25) is 0 Å². The molecule has 0 amide bonds. The molecular weight excluding hydrogens is 266 g/mol. The van der Waals surface area contributed by atoms with Crippen molar-refractivity contribution in [1.82, 2.24) is 15.3 Å². The average molecular weight is 289 g/mol. The van der Waals surface area contributed by atoms with E-state index in [2.05, 4.69) is 36.3 Å². The topological polar surface area (TPSA) is 37.8 Å². The summed E-state index contributed by atoms with van der Waals surface area (Å²) in [5.41, 5.74) is 2.56. The Morgan fingerprint density at radius 1 is 1.15 bits per heavy atom. The second-order valence-electron chi connectivity index (χ2n) is 4.94. The van der Waals surface area contributed by atoms with E-state index in [0.29, 0.717) is 0 Å². The van der Waals surface area contributed by atoms with Gasteiger partial charge in [0.25, 0.3) is 0 Å². The molecule has 2 aromatic rings. The predicted molar refractivity (Wildman–Crippen MR) is 85.1 cm³/mol. The lowest BCUT2D eigenvalue weighted by molar-refractivity contribution is 0.674. The molecule has 20 heavy (non-hydrogen) atoms. The number of rotatable bonds is 8. The third-order valence-electron chi connectivity index (χ3n) is 3.13. The van der Waals surface area contributed by atoms with Crippen LogP contribution in [0.3, 0.4) is 0 Å². The Bertz CT molecular complexity index is 508. The number of hydrogen-bond acceptors (Lipinski definition) is 4. The van der Waals surface area contributed by atoms with Crippen LogP contribution in [0.5, 0.6) is 0 Å². The van der Waals surface area contributed by atoms with Gasteiger partial charge in [0.15, 0.2) is 0 Å². The maximum Gasteiger partial charge on any atom is 0.0975 e. The van der Waals surface area contributed by atoms with E-state index in [1.807, 2.05) is 23.7 Å². The van der Waals surface area contributed by atoms with Crippen LogP contribution >= 0.6 is 11.3 Å². The first-order chi connectivity index (χ1) is 9.83. The number of pyridine rings is 1. The summed E-state index contributed by atoms with van der Waals surface area (Å²) in [6.45, 7) is 6.44. The van der Waals surface area contributed by atoms with Gasteiger partial charge in [-0.25, -0.2) is 4.98 Å². The molecule has 0 aliphatic rings. The molecular formula is C16H23N3S. The van der Waals surface area contributed by atoms with Crippen molar-refractivity contribution in [3.8, 4) is 0 Å². The Balaban J connectivity index is 2.07. The Morgan fingerprint density at radius 3 is 2.65 bits per heavy atom. The number of thiazole rings is 1. The molecule has 0 radical (unpaired) electrons. The highest BCUT2D eigenvalue weighted by atomic mass is 32.1. The summed E-state index contributed by atoms with van der Waals surface area (Å²) in [6, 6.07) is 4.13. The lowest BCUT2D eigenvalue weighted by Gasteiger charge is -2.02. The van der Waals surface area contributed by atoms with Gasteiger partial charge in [0.2, 0.25) is 0 Å². The number of nitrogens with zero attached hydrogens (tertiary/aromatic N) is 2. The van der Waals surface area contributed by atoms with Crippen LogP contribution < -0.4 is 5.32 Å². The van der Waals surface area contributed by atoms with Crippen molar-refractivity contribution in [2.75, 3.05) is 6.54 Å². The molecule has 0 aliphatic carbocycles. The normalized spacial score (nSPS) is 10.9. The Hall–Kier alpha value is -1.26. The number of hydrogen-bond donors (Lipinski definition) is 1. The second-order valence-corrected chi connectivity index (χ2v) is 6.10. The van der Waals surface area contributed by atoms with Gasteiger partial charge in [0.1, 0.15) is 0 Å². The van der Waals surface area contributed by atoms with Crippen LogP contribution in [0.15, 0.2) is 24.5 Å². The van der Waals surface area contributed by atoms with Crippen LogP contribution in [0.25, 0.3) is 0 Å². The van der Waals surface area contributed by atoms with Crippen LogP contribution in [0.4, 0.5) is 0 Å². The lowest BCUT2D eigenvalue weighted by atomic mass is 10.2. The summed E-state index contributed by atoms with van der Waals surface area (Å²) in [4.78, 5) is 10.3. The fourth-order valence-corrected chi connectivity index (χ4v) is 3.26. The summed E-state index contributed by atoms with van der Waals surface area (Å²) in [5.74, 6) is 0. The highest BCUT2D eigenvalue weighted by molar-refractivity contribution is 7.11. The van der Waals surface area contributed by atoms with Gasteiger partial charge in [-0.2, -0.15) is 0 Å². The van der Waals surface area contributed by atoms with E-state index < -0.39 is 0 Å². The smallest absolute Gasteiger partial charge is 0.0975 e. The highest BCUT2D eigenvalue weighted by Crippen LogP contribution is 2.22. The zero-order valence-corrected chi connectivity index (χ0v) is 13.2. The molecule has 4 heteroatoms. The van der Waals surface area contributed by atoms with Gasteiger partial charge in [-0.3, -0.25) is 4.98 Å².